The molecule has 0 aromatic heterocycles. The number of rotatable bonds is 8. The van der Waals surface area contributed by atoms with Gasteiger partial charge in [0.1, 0.15) is 11.8 Å². The highest BCUT2D eigenvalue weighted by Crippen LogP contribution is 2.25. The Bertz CT molecular complexity index is 683. The van der Waals surface area contributed by atoms with Crippen LogP contribution in [-0.2, 0) is 11.2 Å². The first-order valence-electron chi connectivity index (χ1n) is 8.00. The molecule has 0 aliphatic carbocycles. The molecule has 1 atom stereocenters. The summed E-state index contributed by atoms with van der Waals surface area (Å²) in [7, 11) is 1.67. The molecular weight excluding hydrogens is 300 g/mol. The average Bonchev–Trinajstić information content (AvgIpc) is 2.60. The van der Waals surface area contributed by atoms with E-state index in [9.17, 15) is 4.79 Å². The molecule has 0 aliphatic heterocycles. The van der Waals surface area contributed by atoms with E-state index in [1.165, 1.54) is 5.56 Å². The van der Waals surface area contributed by atoms with E-state index in [4.69, 9.17) is 4.74 Å². The normalized spacial score (nSPS) is 11.4. The molecule has 2 rings (SSSR count). The van der Waals surface area contributed by atoms with Crippen molar-refractivity contribution in [3.8, 4) is 5.75 Å². The number of methoxy groups -OCH3 is 1. The van der Waals surface area contributed by atoms with Gasteiger partial charge >= 0.3 is 0 Å². The largest absolute Gasteiger partial charge is 0.496 e. The van der Waals surface area contributed by atoms with Crippen molar-refractivity contribution in [2.45, 2.75) is 19.4 Å². The van der Waals surface area contributed by atoms with Gasteiger partial charge in [-0.25, -0.2) is 0 Å². The lowest BCUT2D eigenvalue weighted by Crippen LogP contribution is -2.37. The number of benzene rings is 2. The second-order valence-corrected chi connectivity index (χ2v) is 5.59. The van der Waals surface area contributed by atoms with Crippen LogP contribution in [0.25, 0.3) is 0 Å². The number of carbonyl (C=O) groups is 1. The van der Waals surface area contributed by atoms with Gasteiger partial charge in [-0.15, -0.1) is 6.58 Å². The Kier molecular flexibility index (Phi) is 6.43. The van der Waals surface area contributed by atoms with Crippen LogP contribution in [0.5, 0.6) is 5.75 Å². The van der Waals surface area contributed by atoms with E-state index in [0.717, 1.165) is 23.4 Å². The third kappa shape index (κ3) is 4.88. The summed E-state index contributed by atoms with van der Waals surface area (Å²) in [4.78, 5) is 12.0. The van der Waals surface area contributed by atoms with Crippen molar-refractivity contribution in [2.24, 2.45) is 0 Å². The number of hydrogen-bond donors (Lipinski definition) is 2. The highest BCUT2D eigenvalue weighted by atomic mass is 16.5. The van der Waals surface area contributed by atoms with Gasteiger partial charge < -0.3 is 15.4 Å². The molecule has 2 aromatic rings. The van der Waals surface area contributed by atoms with E-state index in [1.54, 1.807) is 13.2 Å². The fraction of sp³-hybridized carbons (Fsp3) is 0.250. The van der Waals surface area contributed by atoms with Gasteiger partial charge in [-0.3, -0.25) is 4.79 Å². The van der Waals surface area contributed by atoms with Crippen LogP contribution in [0.1, 0.15) is 18.1 Å². The second kappa shape index (κ2) is 8.77. The maximum atomic E-state index is 12.0. The Morgan fingerprint density at radius 1 is 1.25 bits per heavy atom. The van der Waals surface area contributed by atoms with Crippen molar-refractivity contribution >= 4 is 11.6 Å². The molecule has 2 aromatic carbocycles. The van der Waals surface area contributed by atoms with E-state index in [-0.39, 0.29) is 11.9 Å². The topological polar surface area (TPSA) is 50.4 Å². The summed E-state index contributed by atoms with van der Waals surface area (Å²) in [5.74, 6) is 0.781. The van der Waals surface area contributed by atoms with E-state index < -0.39 is 0 Å². The molecule has 4 heteroatoms. The molecule has 24 heavy (non-hydrogen) atoms. The number of carbonyl (C=O) groups excluding carboxylic acids is 1. The summed E-state index contributed by atoms with van der Waals surface area (Å²) in [5, 5.41) is 6.01. The first-order valence-corrected chi connectivity index (χ1v) is 8.00. The first-order chi connectivity index (χ1) is 11.6. The summed E-state index contributed by atoms with van der Waals surface area (Å²) in [6.45, 7) is 5.90. The fourth-order valence-electron chi connectivity index (χ4n) is 2.46. The number of anilines is 1. The zero-order chi connectivity index (χ0) is 17.4. The standard InChI is InChI=1S/C20H24N2O2/c1-4-12-21-20(23)15(2)22-18-10-11-19(24-3)17(14-18)13-16-8-6-5-7-9-16/h4-11,14-15,22H,1,12-13H2,2-3H3,(H,21,23). The Balaban J connectivity index is 2.13. The zero-order valence-electron chi connectivity index (χ0n) is 14.2. The lowest BCUT2D eigenvalue weighted by Gasteiger charge is -2.17. The van der Waals surface area contributed by atoms with Gasteiger partial charge in [-0.05, 0) is 30.7 Å². The molecule has 0 saturated carbocycles. The summed E-state index contributed by atoms with van der Waals surface area (Å²) < 4.78 is 5.46. The van der Waals surface area contributed by atoms with Crippen LogP contribution in [0.3, 0.4) is 0 Å². The summed E-state index contributed by atoms with van der Waals surface area (Å²) >= 11 is 0. The van der Waals surface area contributed by atoms with Crippen LogP contribution in [0.4, 0.5) is 5.69 Å². The average molecular weight is 324 g/mol. The minimum atomic E-state index is -0.331. The zero-order valence-corrected chi connectivity index (χ0v) is 14.2. The van der Waals surface area contributed by atoms with Gasteiger partial charge in [0, 0.05) is 24.2 Å². The smallest absolute Gasteiger partial charge is 0.242 e. The predicted octanol–water partition coefficient (Wildman–Crippen LogP) is 3.39. The summed E-state index contributed by atoms with van der Waals surface area (Å²) in [5.41, 5.74) is 3.18. The fourth-order valence-corrected chi connectivity index (χ4v) is 2.46. The molecular formula is C20H24N2O2. The number of amides is 1. The molecule has 0 aliphatic rings. The van der Waals surface area contributed by atoms with Crippen LogP contribution in [0, 0.1) is 0 Å². The van der Waals surface area contributed by atoms with Crippen LogP contribution in [0.2, 0.25) is 0 Å². The van der Waals surface area contributed by atoms with Crippen molar-refractivity contribution in [1.82, 2.24) is 5.32 Å². The summed E-state index contributed by atoms with van der Waals surface area (Å²) in [6.07, 6.45) is 2.44. The van der Waals surface area contributed by atoms with Crippen LogP contribution < -0.4 is 15.4 Å². The van der Waals surface area contributed by atoms with Crippen molar-refractivity contribution in [1.29, 1.82) is 0 Å². The molecule has 0 spiro atoms. The number of hydrogen-bond acceptors (Lipinski definition) is 3. The van der Waals surface area contributed by atoms with Gasteiger partial charge in [0.05, 0.1) is 7.11 Å². The molecule has 0 fully saturated rings. The summed E-state index contributed by atoms with van der Waals surface area (Å²) in [6, 6.07) is 15.8. The molecule has 0 bridgehead atoms. The van der Waals surface area contributed by atoms with Gasteiger partial charge in [-0.2, -0.15) is 0 Å². The SMILES string of the molecule is C=CCNC(=O)C(C)Nc1ccc(OC)c(Cc2ccccc2)c1. The Morgan fingerprint density at radius 3 is 2.67 bits per heavy atom. The van der Waals surface area contributed by atoms with E-state index in [1.807, 2.05) is 43.3 Å². The van der Waals surface area contributed by atoms with Crippen LogP contribution >= 0.6 is 0 Å². The van der Waals surface area contributed by atoms with Gasteiger partial charge in [0.15, 0.2) is 0 Å². The van der Waals surface area contributed by atoms with E-state index in [0.29, 0.717) is 6.54 Å². The maximum absolute atomic E-state index is 12.0. The third-order valence-corrected chi connectivity index (χ3v) is 3.71. The Hall–Kier alpha value is -2.75. The molecule has 2 N–H and O–H groups in total. The number of nitrogens with one attached hydrogen (secondary N) is 2. The quantitative estimate of drug-likeness (QED) is 0.732. The molecule has 1 amide bonds. The lowest BCUT2D eigenvalue weighted by molar-refractivity contribution is -0.121. The van der Waals surface area contributed by atoms with Gasteiger partial charge in [0.2, 0.25) is 5.91 Å². The molecule has 0 radical (unpaired) electrons. The van der Waals surface area contributed by atoms with Crippen LogP contribution in [-0.4, -0.2) is 25.6 Å². The third-order valence-electron chi connectivity index (χ3n) is 3.71. The molecule has 126 valence electrons. The minimum Gasteiger partial charge on any atom is -0.496 e. The molecule has 1 unspecified atom stereocenters. The Morgan fingerprint density at radius 2 is 2.00 bits per heavy atom. The highest BCUT2D eigenvalue weighted by molar-refractivity contribution is 5.84. The van der Waals surface area contributed by atoms with E-state index >= 15 is 0 Å². The molecule has 0 heterocycles. The van der Waals surface area contributed by atoms with E-state index in [2.05, 4.69) is 29.3 Å². The van der Waals surface area contributed by atoms with Crippen molar-refractivity contribution in [3.63, 3.8) is 0 Å². The Labute approximate surface area is 143 Å². The van der Waals surface area contributed by atoms with Crippen molar-refractivity contribution in [2.75, 3.05) is 19.0 Å². The molecule has 0 saturated heterocycles. The predicted molar refractivity (Wildman–Crippen MR) is 98.5 cm³/mol. The van der Waals surface area contributed by atoms with Crippen LogP contribution in [0.15, 0.2) is 61.2 Å². The van der Waals surface area contributed by atoms with Crippen molar-refractivity contribution < 1.29 is 9.53 Å². The highest BCUT2D eigenvalue weighted by Gasteiger charge is 2.13. The monoisotopic (exact) mass is 324 g/mol. The first kappa shape index (κ1) is 17.6. The maximum Gasteiger partial charge on any atom is 0.242 e. The second-order valence-electron chi connectivity index (χ2n) is 5.59. The number of ether oxygens (including phenoxy) is 1. The lowest BCUT2D eigenvalue weighted by atomic mass is 10.0. The molecule has 4 nitrogen and oxygen atoms in total. The van der Waals surface area contributed by atoms with Crippen molar-refractivity contribution in [3.05, 3.63) is 72.3 Å². The van der Waals surface area contributed by atoms with Gasteiger partial charge in [0.25, 0.3) is 0 Å². The van der Waals surface area contributed by atoms with Gasteiger partial charge in [-0.1, -0.05) is 36.4 Å². The minimum absolute atomic E-state index is 0.0599.